The van der Waals surface area contributed by atoms with Crippen LogP contribution in [0.25, 0.3) is 0 Å². The van der Waals surface area contributed by atoms with Crippen molar-refractivity contribution in [3.63, 3.8) is 0 Å². The SMILES string of the molecule is O=C(O)CCCCCC(C(=O)O)(N1C(=O)CC(S(=O)(=O)O)C1=O)N1C(=O)CC(S(=O)(=O)O)C1=O.O=C(O)CCCCCCC(=O)O.O=C1CC(S(=O)(=O)O)C(=O)N1.O=C1CC(S(=O)(=O)O)C(=O)N1. The van der Waals surface area contributed by atoms with Crippen LogP contribution in [0.5, 0.6) is 0 Å². The van der Waals surface area contributed by atoms with Gasteiger partial charge in [0, 0.05) is 25.7 Å². The Morgan fingerprint density at radius 2 is 0.735 bits per heavy atom. The summed E-state index contributed by atoms with van der Waals surface area (Å²) >= 11 is 0. The molecule has 8 amide bonds. The molecule has 0 aromatic carbocycles. The van der Waals surface area contributed by atoms with Gasteiger partial charge < -0.3 is 20.4 Å². The van der Waals surface area contributed by atoms with Gasteiger partial charge in [-0.2, -0.15) is 33.7 Å². The van der Waals surface area contributed by atoms with E-state index in [1.807, 2.05) is 0 Å². The van der Waals surface area contributed by atoms with Crippen LogP contribution in [-0.2, 0) is 98.0 Å². The quantitative estimate of drug-likeness (QED) is 0.0315. The monoisotopic (exact) mass is 1060 g/mol. The topological polar surface area (TPSA) is 534 Å². The maximum Gasteiger partial charge on any atom is 0.351 e. The van der Waals surface area contributed by atoms with Crippen molar-refractivity contribution in [2.45, 2.75) is 123 Å². The summed E-state index contributed by atoms with van der Waals surface area (Å²) < 4.78 is 123. The molecule has 0 aromatic heterocycles. The van der Waals surface area contributed by atoms with Crippen molar-refractivity contribution in [2.24, 2.45) is 0 Å². The number of unbranched alkanes of at least 4 members (excludes halogenated alkanes) is 5. The predicted octanol–water partition coefficient (Wildman–Crippen LogP) is -4.09. The van der Waals surface area contributed by atoms with Crippen molar-refractivity contribution in [3.05, 3.63) is 0 Å². The lowest BCUT2D eigenvalue weighted by molar-refractivity contribution is -0.184. The minimum absolute atomic E-state index is 0.0178. The normalized spacial score (nSPS) is 21.6. The summed E-state index contributed by atoms with van der Waals surface area (Å²) in [5.74, 6) is -14.7. The van der Waals surface area contributed by atoms with Crippen LogP contribution in [-0.4, -0.2) is 180 Å². The molecule has 0 bridgehead atoms. The smallest absolute Gasteiger partial charge is 0.351 e. The Balaban J connectivity index is 0.000000548. The van der Waals surface area contributed by atoms with Crippen molar-refractivity contribution in [1.82, 2.24) is 20.4 Å². The number of hydrogen-bond acceptors (Lipinski definition) is 20. The van der Waals surface area contributed by atoms with Gasteiger partial charge in [0.2, 0.25) is 41.1 Å². The molecule has 4 aliphatic rings. The maximum atomic E-state index is 12.7. The number of amides is 8. The Kier molecular flexibility index (Phi) is 21.6. The van der Waals surface area contributed by atoms with E-state index < -0.39 is 170 Å². The number of hydrogen-bond donors (Lipinski definition) is 10. The van der Waals surface area contributed by atoms with Crippen molar-refractivity contribution in [1.29, 1.82) is 0 Å². The van der Waals surface area contributed by atoms with Gasteiger partial charge in [-0.15, -0.1) is 0 Å². The van der Waals surface area contributed by atoms with Gasteiger partial charge in [-0.1, -0.05) is 19.3 Å². The molecule has 0 radical (unpaired) electrons. The third-order valence-electron chi connectivity index (χ3n) is 9.53. The number of carboxylic acids is 4. The van der Waals surface area contributed by atoms with Crippen LogP contribution < -0.4 is 10.6 Å². The molecule has 36 heteroatoms. The molecule has 4 heterocycles. The van der Waals surface area contributed by atoms with Crippen molar-refractivity contribution in [3.8, 4) is 0 Å². The molecule has 32 nitrogen and oxygen atoms in total. The maximum absolute atomic E-state index is 12.7. The Morgan fingerprint density at radius 3 is 0.926 bits per heavy atom. The third kappa shape index (κ3) is 17.3. The minimum atomic E-state index is -5.22. The second-order valence-electron chi connectivity index (χ2n) is 14.6. The van der Waals surface area contributed by atoms with Crippen LogP contribution in [0.3, 0.4) is 0 Å². The number of nitrogens with zero attached hydrogens (tertiary/aromatic N) is 2. The van der Waals surface area contributed by atoms with E-state index in [2.05, 4.69) is 0 Å². The molecule has 10 N–H and O–H groups in total. The van der Waals surface area contributed by atoms with Gasteiger partial charge in [0.15, 0.2) is 21.0 Å². The summed E-state index contributed by atoms with van der Waals surface area (Å²) in [6.45, 7) is 0. The number of rotatable bonds is 20. The number of carbonyl (C=O) groups excluding carboxylic acids is 8. The van der Waals surface area contributed by atoms with Crippen molar-refractivity contribution < 1.29 is 130 Å². The molecule has 4 unspecified atom stereocenters. The lowest BCUT2D eigenvalue weighted by Crippen LogP contribution is -2.69. The highest BCUT2D eigenvalue weighted by Gasteiger charge is 2.66. The molecule has 384 valence electrons. The van der Waals surface area contributed by atoms with Crippen LogP contribution in [0.1, 0.15) is 96.3 Å². The summed E-state index contributed by atoms with van der Waals surface area (Å²) in [6, 6.07) is 0. The molecule has 0 aliphatic carbocycles. The third-order valence-corrected chi connectivity index (χ3v) is 13.9. The standard InChI is InChI=1S/C16H20N2O14S2.C8H14O4.2C4H5NO5S/c19-10-6-8(33(27,28)29)13(23)17(10)16(15(25)26,5-3-1-2-4-12(21)22)18-11(20)7-9(14(18)24)34(30,31)32;9-7(10)5-3-1-2-4-6-8(11)12;2*6-3-1-2(4(7)5-3)11(8,9)10/h8-9H,1-7H2,(H,21,22)(H,25,26)(H,27,28,29)(H,30,31,32);1-6H2,(H,9,10)(H,11,12);2*2H,1H2,(H,5,6,7)(H,8,9,10). The van der Waals surface area contributed by atoms with Gasteiger partial charge in [-0.25, -0.2) is 14.6 Å². The zero-order valence-electron chi connectivity index (χ0n) is 34.7. The largest absolute Gasteiger partial charge is 0.481 e. The first-order chi connectivity index (χ1) is 30.9. The van der Waals surface area contributed by atoms with Crippen molar-refractivity contribution >= 4 is 112 Å². The molecular weight excluding hydrogens is 1020 g/mol. The van der Waals surface area contributed by atoms with E-state index >= 15 is 0 Å². The minimum Gasteiger partial charge on any atom is -0.481 e. The Bertz CT molecular complexity index is 2370. The Morgan fingerprint density at radius 1 is 0.456 bits per heavy atom. The Hall–Kier alpha value is -5.92. The first-order valence-corrected chi connectivity index (χ1v) is 25.1. The highest BCUT2D eigenvalue weighted by atomic mass is 32.2. The number of likely N-dealkylation sites (tertiary alicyclic amines) is 2. The average Bonchev–Trinajstić information content (AvgIpc) is 3.89. The van der Waals surface area contributed by atoms with Crippen LogP contribution in [0, 0.1) is 0 Å². The number of carboxylic acid groups (broad SMARTS) is 4. The number of carbonyl (C=O) groups is 12. The zero-order valence-corrected chi connectivity index (χ0v) is 38.0. The second kappa shape index (κ2) is 24.4. The van der Waals surface area contributed by atoms with Gasteiger partial charge in [-0.3, -0.25) is 81.6 Å². The van der Waals surface area contributed by atoms with Gasteiger partial charge in [0.05, 0.1) is 25.7 Å². The number of imide groups is 4. The van der Waals surface area contributed by atoms with E-state index in [0.717, 1.165) is 12.8 Å². The Labute approximate surface area is 383 Å². The van der Waals surface area contributed by atoms with Crippen LogP contribution in [0.15, 0.2) is 0 Å². The fourth-order valence-electron chi connectivity index (χ4n) is 6.34. The highest BCUT2D eigenvalue weighted by Crippen LogP contribution is 2.38. The van der Waals surface area contributed by atoms with E-state index in [4.69, 9.17) is 24.4 Å². The van der Waals surface area contributed by atoms with E-state index in [1.54, 1.807) is 10.6 Å². The van der Waals surface area contributed by atoms with Gasteiger partial charge in [0.25, 0.3) is 52.3 Å². The lowest BCUT2D eigenvalue weighted by Gasteiger charge is -2.42. The van der Waals surface area contributed by atoms with Gasteiger partial charge in [-0.05, 0) is 25.7 Å². The highest BCUT2D eigenvalue weighted by molar-refractivity contribution is 7.88. The van der Waals surface area contributed by atoms with Crippen LogP contribution in [0.4, 0.5) is 0 Å². The fraction of sp³-hybridized carbons (Fsp3) is 0.625. The molecule has 0 spiro atoms. The van der Waals surface area contributed by atoms with Crippen molar-refractivity contribution in [2.75, 3.05) is 0 Å². The molecule has 4 aliphatic heterocycles. The average molecular weight is 1060 g/mol. The molecule has 0 saturated carbocycles. The summed E-state index contributed by atoms with van der Waals surface area (Å²) in [5, 5.41) is 30.7. The summed E-state index contributed by atoms with van der Waals surface area (Å²) in [6.07, 6.45) is -1.77. The van der Waals surface area contributed by atoms with Crippen LogP contribution >= 0.6 is 0 Å². The molecule has 68 heavy (non-hydrogen) atoms. The first-order valence-electron chi connectivity index (χ1n) is 19.1. The van der Waals surface area contributed by atoms with E-state index in [0.29, 0.717) is 12.8 Å². The molecule has 4 atom stereocenters. The first kappa shape index (κ1) is 60.1. The molecule has 4 fully saturated rings. The predicted molar refractivity (Wildman–Crippen MR) is 214 cm³/mol. The zero-order chi connectivity index (χ0) is 52.9. The number of nitrogens with one attached hydrogen (secondary N) is 2. The van der Waals surface area contributed by atoms with Gasteiger partial charge >= 0.3 is 23.9 Å². The second-order valence-corrected chi connectivity index (χ2v) is 21.0. The number of aliphatic carboxylic acids is 4. The van der Waals surface area contributed by atoms with E-state index in [-0.39, 0.29) is 48.3 Å². The molecule has 0 aromatic rings. The van der Waals surface area contributed by atoms with E-state index in [1.165, 1.54) is 0 Å². The lowest BCUT2D eigenvalue weighted by atomic mass is 9.96. The van der Waals surface area contributed by atoms with E-state index in [9.17, 15) is 105 Å². The van der Waals surface area contributed by atoms with Gasteiger partial charge in [0.1, 0.15) is 0 Å². The summed E-state index contributed by atoms with van der Waals surface area (Å²) in [4.78, 5) is 135. The summed E-state index contributed by atoms with van der Waals surface area (Å²) in [5.41, 5.74) is -3.23. The molecule has 4 saturated heterocycles. The van der Waals surface area contributed by atoms with Crippen LogP contribution in [0.2, 0.25) is 0 Å². The molecular formula is C32H44N4O28S4. The fourth-order valence-corrected chi connectivity index (χ4v) is 9.15. The molecule has 4 rings (SSSR count). The summed E-state index contributed by atoms with van der Waals surface area (Å²) in [7, 11) is -19.3.